The van der Waals surface area contributed by atoms with Gasteiger partial charge < -0.3 is 10.1 Å². The van der Waals surface area contributed by atoms with Gasteiger partial charge >= 0.3 is 0 Å². The molecule has 0 aliphatic rings. The van der Waals surface area contributed by atoms with Crippen LogP contribution in [-0.2, 0) is 13.2 Å². The normalized spacial score (nSPS) is 10.1. The third kappa shape index (κ3) is 4.01. The summed E-state index contributed by atoms with van der Waals surface area (Å²) >= 11 is 0. The standard InChI is InChI=1S/C16H16FN3O/c1-2-19-10-12-5-6-16(14(17)8-12)21-11-13-4-3-7-20-15(13)9-18/h3-8,19H,2,10-11H2,1H3. The summed E-state index contributed by atoms with van der Waals surface area (Å²) in [6.07, 6.45) is 1.54. The smallest absolute Gasteiger partial charge is 0.165 e. The molecule has 21 heavy (non-hydrogen) atoms. The van der Waals surface area contributed by atoms with E-state index in [-0.39, 0.29) is 12.4 Å². The number of pyridine rings is 1. The Morgan fingerprint density at radius 1 is 1.38 bits per heavy atom. The van der Waals surface area contributed by atoms with E-state index in [2.05, 4.69) is 10.3 Å². The molecule has 4 nitrogen and oxygen atoms in total. The Morgan fingerprint density at radius 3 is 2.95 bits per heavy atom. The molecular weight excluding hydrogens is 269 g/mol. The first-order valence-corrected chi connectivity index (χ1v) is 6.70. The van der Waals surface area contributed by atoms with Gasteiger partial charge in [0.1, 0.15) is 18.4 Å². The van der Waals surface area contributed by atoms with Gasteiger partial charge in [0.05, 0.1) is 0 Å². The highest BCUT2D eigenvalue weighted by atomic mass is 19.1. The highest BCUT2D eigenvalue weighted by molar-refractivity contribution is 5.32. The lowest BCUT2D eigenvalue weighted by Crippen LogP contribution is -2.11. The minimum Gasteiger partial charge on any atom is -0.486 e. The second kappa shape index (κ2) is 7.36. The van der Waals surface area contributed by atoms with Crippen molar-refractivity contribution in [2.75, 3.05) is 6.54 Å². The van der Waals surface area contributed by atoms with E-state index in [0.29, 0.717) is 17.8 Å². The average Bonchev–Trinajstić information content (AvgIpc) is 2.52. The molecule has 0 bridgehead atoms. The van der Waals surface area contributed by atoms with Crippen molar-refractivity contribution in [3.05, 3.63) is 59.2 Å². The number of nitrogens with one attached hydrogen (secondary N) is 1. The molecule has 0 aliphatic carbocycles. The lowest BCUT2D eigenvalue weighted by molar-refractivity contribution is 0.289. The van der Waals surface area contributed by atoms with Crippen LogP contribution in [0, 0.1) is 17.1 Å². The van der Waals surface area contributed by atoms with E-state index < -0.39 is 5.82 Å². The number of benzene rings is 1. The largest absolute Gasteiger partial charge is 0.486 e. The van der Waals surface area contributed by atoms with Crippen LogP contribution < -0.4 is 10.1 Å². The van der Waals surface area contributed by atoms with Gasteiger partial charge in [-0.1, -0.05) is 19.1 Å². The van der Waals surface area contributed by atoms with Crippen LogP contribution in [0.15, 0.2) is 36.5 Å². The molecule has 2 aromatic rings. The Hall–Kier alpha value is -2.45. The Labute approximate surface area is 123 Å². The van der Waals surface area contributed by atoms with Crippen molar-refractivity contribution >= 4 is 0 Å². The molecule has 0 atom stereocenters. The molecule has 0 fully saturated rings. The summed E-state index contributed by atoms with van der Waals surface area (Å²) < 4.78 is 19.4. The Morgan fingerprint density at radius 2 is 2.24 bits per heavy atom. The number of nitriles is 1. The van der Waals surface area contributed by atoms with Gasteiger partial charge in [0.2, 0.25) is 0 Å². The quantitative estimate of drug-likeness (QED) is 0.886. The van der Waals surface area contributed by atoms with Crippen LogP contribution >= 0.6 is 0 Å². The first-order chi connectivity index (χ1) is 10.2. The number of rotatable bonds is 6. The molecule has 0 unspecified atom stereocenters. The maximum atomic E-state index is 13.9. The summed E-state index contributed by atoms with van der Waals surface area (Å²) in [6.45, 7) is 3.56. The van der Waals surface area contributed by atoms with Gasteiger partial charge in [-0.15, -0.1) is 0 Å². The highest BCUT2D eigenvalue weighted by Crippen LogP contribution is 2.20. The predicted octanol–water partition coefficient (Wildman–Crippen LogP) is 2.78. The van der Waals surface area contributed by atoms with Crippen LogP contribution in [0.4, 0.5) is 4.39 Å². The highest BCUT2D eigenvalue weighted by Gasteiger charge is 2.07. The van der Waals surface area contributed by atoms with Crippen molar-refractivity contribution in [3.63, 3.8) is 0 Å². The molecule has 1 heterocycles. The summed E-state index contributed by atoms with van der Waals surface area (Å²) in [5.74, 6) is -0.240. The molecular formula is C16H16FN3O. The molecule has 108 valence electrons. The van der Waals surface area contributed by atoms with E-state index in [1.165, 1.54) is 12.3 Å². The lowest BCUT2D eigenvalue weighted by Gasteiger charge is -2.09. The maximum absolute atomic E-state index is 13.9. The van der Waals surface area contributed by atoms with Crippen LogP contribution in [0.1, 0.15) is 23.7 Å². The van der Waals surface area contributed by atoms with Crippen molar-refractivity contribution in [3.8, 4) is 11.8 Å². The van der Waals surface area contributed by atoms with Crippen LogP contribution in [-0.4, -0.2) is 11.5 Å². The fraction of sp³-hybridized carbons (Fsp3) is 0.250. The van der Waals surface area contributed by atoms with Gasteiger partial charge in [-0.25, -0.2) is 9.37 Å². The number of aromatic nitrogens is 1. The monoisotopic (exact) mass is 285 g/mol. The average molecular weight is 285 g/mol. The topological polar surface area (TPSA) is 57.9 Å². The first kappa shape index (κ1) is 14.9. The summed E-state index contributed by atoms with van der Waals surface area (Å²) in [7, 11) is 0. The van der Waals surface area contributed by atoms with Crippen molar-refractivity contribution in [2.24, 2.45) is 0 Å². The van der Waals surface area contributed by atoms with Crippen molar-refractivity contribution in [2.45, 2.75) is 20.1 Å². The van der Waals surface area contributed by atoms with Crippen LogP contribution in [0.3, 0.4) is 0 Å². The minimum atomic E-state index is -0.409. The van der Waals surface area contributed by atoms with Crippen molar-refractivity contribution < 1.29 is 9.13 Å². The number of hydrogen-bond acceptors (Lipinski definition) is 4. The fourth-order valence-electron chi connectivity index (χ4n) is 1.85. The van der Waals surface area contributed by atoms with Crippen molar-refractivity contribution in [1.82, 2.24) is 10.3 Å². The third-order valence-electron chi connectivity index (χ3n) is 2.96. The summed E-state index contributed by atoms with van der Waals surface area (Å²) in [5.41, 5.74) is 1.79. The lowest BCUT2D eigenvalue weighted by atomic mass is 10.2. The van der Waals surface area contributed by atoms with E-state index in [9.17, 15) is 4.39 Å². The minimum absolute atomic E-state index is 0.111. The zero-order valence-electron chi connectivity index (χ0n) is 11.8. The molecule has 0 saturated heterocycles. The van der Waals surface area contributed by atoms with Gasteiger partial charge in [0.25, 0.3) is 0 Å². The Kier molecular flexibility index (Phi) is 5.24. The molecule has 0 aliphatic heterocycles. The first-order valence-electron chi connectivity index (χ1n) is 6.70. The van der Waals surface area contributed by atoms with Gasteiger partial charge in [-0.05, 0) is 30.3 Å². The van der Waals surface area contributed by atoms with Crippen LogP contribution in [0.25, 0.3) is 0 Å². The number of ether oxygens (including phenoxy) is 1. The van der Waals surface area contributed by atoms with E-state index in [1.54, 1.807) is 18.2 Å². The molecule has 0 saturated carbocycles. The molecule has 1 aromatic carbocycles. The second-order valence-corrected chi connectivity index (χ2v) is 4.46. The number of hydrogen-bond donors (Lipinski definition) is 1. The van der Waals surface area contributed by atoms with Crippen molar-refractivity contribution in [1.29, 1.82) is 5.26 Å². The number of halogens is 1. The molecule has 0 spiro atoms. The zero-order chi connectivity index (χ0) is 15.1. The molecule has 1 N–H and O–H groups in total. The summed E-state index contributed by atoms with van der Waals surface area (Å²) in [5, 5.41) is 12.1. The predicted molar refractivity (Wildman–Crippen MR) is 77.1 cm³/mol. The van der Waals surface area contributed by atoms with Crippen LogP contribution in [0.5, 0.6) is 5.75 Å². The number of nitrogens with zero attached hydrogens (tertiary/aromatic N) is 2. The van der Waals surface area contributed by atoms with Gasteiger partial charge in [-0.2, -0.15) is 5.26 Å². The van der Waals surface area contributed by atoms with E-state index in [0.717, 1.165) is 12.1 Å². The molecule has 0 amide bonds. The molecule has 5 heteroatoms. The van der Waals surface area contributed by atoms with E-state index >= 15 is 0 Å². The Bertz CT molecular complexity index is 652. The third-order valence-corrected chi connectivity index (χ3v) is 2.96. The van der Waals surface area contributed by atoms with E-state index in [4.69, 9.17) is 10.00 Å². The summed E-state index contributed by atoms with van der Waals surface area (Å²) in [6, 6.07) is 10.3. The van der Waals surface area contributed by atoms with E-state index in [1.807, 2.05) is 19.1 Å². The summed E-state index contributed by atoms with van der Waals surface area (Å²) in [4.78, 5) is 3.94. The molecule has 0 radical (unpaired) electrons. The zero-order valence-corrected chi connectivity index (χ0v) is 11.8. The molecule has 1 aromatic heterocycles. The van der Waals surface area contributed by atoms with Gasteiger partial charge in [0, 0.05) is 18.3 Å². The molecule has 2 rings (SSSR count). The van der Waals surface area contributed by atoms with Gasteiger partial charge in [-0.3, -0.25) is 0 Å². The van der Waals surface area contributed by atoms with Crippen LogP contribution in [0.2, 0.25) is 0 Å². The van der Waals surface area contributed by atoms with Gasteiger partial charge in [0.15, 0.2) is 11.6 Å². The SMILES string of the molecule is CCNCc1ccc(OCc2cccnc2C#N)c(F)c1. The Balaban J connectivity index is 2.05. The second-order valence-electron chi connectivity index (χ2n) is 4.46. The fourth-order valence-corrected chi connectivity index (χ4v) is 1.85. The maximum Gasteiger partial charge on any atom is 0.165 e.